The summed E-state index contributed by atoms with van der Waals surface area (Å²) in [5.41, 5.74) is -0.645. The number of anilines is 2. The summed E-state index contributed by atoms with van der Waals surface area (Å²) in [6.07, 6.45) is 2.98. The van der Waals surface area contributed by atoms with Crippen LogP contribution in [0.3, 0.4) is 0 Å². The molecular formula is C24H34N6O3S. The van der Waals surface area contributed by atoms with Crippen molar-refractivity contribution in [2.75, 3.05) is 17.2 Å². The topological polar surface area (TPSA) is 136 Å². The zero-order valence-electron chi connectivity index (χ0n) is 20.5. The summed E-state index contributed by atoms with van der Waals surface area (Å²) in [6.45, 7) is 12.2. The molecule has 0 saturated heterocycles. The van der Waals surface area contributed by atoms with Crippen LogP contribution in [-0.4, -0.2) is 59.2 Å². The molecule has 0 bridgehead atoms. The van der Waals surface area contributed by atoms with Gasteiger partial charge in [0.15, 0.2) is 5.72 Å². The van der Waals surface area contributed by atoms with Crippen LogP contribution in [0.2, 0.25) is 0 Å². The quantitative estimate of drug-likeness (QED) is 0.331. The number of nitrogens with zero attached hydrogens (tertiary/aromatic N) is 4. The fourth-order valence-electron chi connectivity index (χ4n) is 4.32. The predicted octanol–water partition coefficient (Wildman–Crippen LogP) is 3.56. The monoisotopic (exact) mass is 486 g/mol. The Labute approximate surface area is 203 Å². The minimum Gasteiger partial charge on any atom is -0.390 e. The Kier molecular flexibility index (Phi) is 6.30. The number of aromatic nitrogens is 4. The van der Waals surface area contributed by atoms with Crippen LogP contribution in [0, 0.1) is 18.3 Å². The Morgan fingerprint density at radius 2 is 1.91 bits per heavy atom. The highest BCUT2D eigenvalue weighted by atomic mass is 32.1. The molecule has 1 aliphatic rings. The van der Waals surface area contributed by atoms with Crippen LogP contribution in [-0.2, 0) is 0 Å². The highest BCUT2D eigenvalue weighted by Crippen LogP contribution is 2.43. The lowest BCUT2D eigenvalue weighted by Crippen LogP contribution is -2.51. The molecule has 184 valence electrons. The highest BCUT2D eigenvalue weighted by Gasteiger charge is 2.52. The molecule has 0 radical (unpaired) electrons. The predicted molar refractivity (Wildman–Crippen MR) is 135 cm³/mol. The zero-order valence-corrected chi connectivity index (χ0v) is 21.4. The Morgan fingerprint density at radius 3 is 2.53 bits per heavy atom. The van der Waals surface area contributed by atoms with Crippen molar-refractivity contribution in [2.45, 2.75) is 71.8 Å². The molecule has 1 aliphatic carbocycles. The number of pyridine rings is 1. The first kappa shape index (κ1) is 24.7. The Balaban J connectivity index is 1.77. The molecule has 0 amide bonds. The lowest BCUT2D eigenvalue weighted by atomic mass is 9.87. The second-order valence-corrected chi connectivity index (χ2v) is 12.0. The normalized spacial score (nSPS) is 23.4. The maximum absolute atomic E-state index is 11.4. The third kappa shape index (κ3) is 5.00. The number of rotatable bonds is 6. The number of aliphatic hydroxyl groups is 3. The van der Waals surface area contributed by atoms with Crippen LogP contribution in [0.15, 0.2) is 18.5 Å². The average molecular weight is 487 g/mol. The summed E-state index contributed by atoms with van der Waals surface area (Å²) >= 11 is 1.49. The van der Waals surface area contributed by atoms with E-state index in [0.717, 1.165) is 10.2 Å². The van der Waals surface area contributed by atoms with Crippen molar-refractivity contribution in [1.82, 2.24) is 19.9 Å². The van der Waals surface area contributed by atoms with Crippen molar-refractivity contribution in [2.24, 2.45) is 11.3 Å². The van der Waals surface area contributed by atoms with E-state index in [2.05, 4.69) is 41.4 Å². The Morgan fingerprint density at radius 1 is 1.18 bits per heavy atom. The first-order chi connectivity index (χ1) is 15.8. The lowest BCUT2D eigenvalue weighted by Gasteiger charge is -2.34. The second kappa shape index (κ2) is 8.67. The molecule has 34 heavy (non-hydrogen) atoms. The molecule has 4 rings (SSSR count). The van der Waals surface area contributed by atoms with E-state index in [1.807, 2.05) is 13.0 Å². The lowest BCUT2D eigenvalue weighted by molar-refractivity contribution is -0.0926. The first-order valence-corrected chi connectivity index (χ1v) is 12.3. The van der Waals surface area contributed by atoms with Crippen molar-refractivity contribution >= 4 is 33.3 Å². The van der Waals surface area contributed by atoms with E-state index >= 15 is 0 Å². The third-order valence-electron chi connectivity index (χ3n) is 6.22. The molecule has 5 N–H and O–H groups in total. The van der Waals surface area contributed by atoms with Gasteiger partial charge < -0.3 is 26.0 Å². The molecule has 3 heterocycles. The van der Waals surface area contributed by atoms with E-state index in [4.69, 9.17) is 9.97 Å². The Bertz CT molecular complexity index is 1150. The summed E-state index contributed by atoms with van der Waals surface area (Å²) in [7, 11) is 0. The van der Waals surface area contributed by atoms with E-state index < -0.39 is 23.3 Å². The Hall–Kier alpha value is -2.40. The molecule has 3 unspecified atom stereocenters. The number of nitrogens with one attached hydrogen (secondary N) is 2. The van der Waals surface area contributed by atoms with Crippen LogP contribution in [0.1, 0.15) is 53.2 Å². The summed E-state index contributed by atoms with van der Waals surface area (Å²) < 4.78 is 0.979. The van der Waals surface area contributed by atoms with Crippen LogP contribution < -0.4 is 10.6 Å². The van der Waals surface area contributed by atoms with Gasteiger partial charge >= 0.3 is 0 Å². The highest BCUT2D eigenvalue weighted by molar-refractivity contribution is 7.21. The summed E-state index contributed by atoms with van der Waals surface area (Å²) in [4.78, 5) is 18.2. The molecule has 3 aromatic rings. The van der Waals surface area contributed by atoms with Crippen LogP contribution in [0.25, 0.3) is 20.8 Å². The summed E-state index contributed by atoms with van der Waals surface area (Å²) in [5.74, 6) is 0.328. The number of aliphatic hydroxyl groups excluding tert-OH is 1. The molecule has 0 aliphatic heterocycles. The van der Waals surface area contributed by atoms with E-state index in [9.17, 15) is 15.3 Å². The molecule has 0 aromatic carbocycles. The van der Waals surface area contributed by atoms with Gasteiger partial charge in [0.1, 0.15) is 22.4 Å². The molecule has 9 nitrogen and oxygen atoms in total. The van der Waals surface area contributed by atoms with Gasteiger partial charge in [0, 0.05) is 18.7 Å². The molecule has 1 saturated carbocycles. The van der Waals surface area contributed by atoms with Gasteiger partial charge in [-0.05, 0) is 45.1 Å². The third-order valence-corrected chi connectivity index (χ3v) is 7.27. The maximum Gasteiger partial charge on any atom is 0.224 e. The number of thiazole rings is 1. The van der Waals surface area contributed by atoms with Crippen molar-refractivity contribution in [3.8, 4) is 10.6 Å². The van der Waals surface area contributed by atoms with E-state index in [1.54, 1.807) is 26.2 Å². The van der Waals surface area contributed by atoms with E-state index in [0.29, 0.717) is 41.0 Å². The maximum atomic E-state index is 11.4. The minimum atomic E-state index is -1.65. The van der Waals surface area contributed by atoms with E-state index in [-0.39, 0.29) is 11.8 Å². The molecule has 1 fully saturated rings. The van der Waals surface area contributed by atoms with Gasteiger partial charge in [0.2, 0.25) is 5.95 Å². The van der Waals surface area contributed by atoms with Gasteiger partial charge in [-0.1, -0.05) is 20.8 Å². The van der Waals surface area contributed by atoms with Gasteiger partial charge in [0.25, 0.3) is 0 Å². The van der Waals surface area contributed by atoms with Crippen molar-refractivity contribution in [3.05, 3.63) is 24.2 Å². The van der Waals surface area contributed by atoms with Crippen LogP contribution in [0.4, 0.5) is 11.8 Å². The second-order valence-electron chi connectivity index (χ2n) is 10.9. The summed E-state index contributed by atoms with van der Waals surface area (Å²) in [6, 6.07) is 1.90. The smallest absolute Gasteiger partial charge is 0.224 e. The van der Waals surface area contributed by atoms with Crippen molar-refractivity contribution < 1.29 is 15.3 Å². The van der Waals surface area contributed by atoms with Gasteiger partial charge in [-0.25, -0.2) is 9.97 Å². The molecular weight excluding hydrogens is 452 g/mol. The number of hydrogen-bond donors (Lipinski definition) is 5. The fraction of sp³-hybridized carbons (Fsp3) is 0.583. The number of fused-ring (bicyclic) bond motifs is 1. The first-order valence-electron chi connectivity index (χ1n) is 11.5. The number of hydrogen-bond acceptors (Lipinski definition) is 10. The van der Waals surface area contributed by atoms with Crippen LogP contribution >= 0.6 is 11.3 Å². The van der Waals surface area contributed by atoms with Gasteiger partial charge in [-0.2, -0.15) is 4.98 Å². The van der Waals surface area contributed by atoms with E-state index in [1.165, 1.54) is 11.3 Å². The van der Waals surface area contributed by atoms with Crippen molar-refractivity contribution in [1.29, 1.82) is 0 Å². The van der Waals surface area contributed by atoms with Crippen molar-refractivity contribution in [3.63, 3.8) is 0 Å². The molecule has 10 heteroatoms. The average Bonchev–Trinajstić information content (AvgIpc) is 3.26. The van der Waals surface area contributed by atoms with Crippen LogP contribution in [0.5, 0.6) is 0 Å². The summed E-state index contributed by atoms with van der Waals surface area (Å²) in [5, 5.41) is 40.0. The van der Waals surface area contributed by atoms with Gasteiger partial charge in [-0.3, -0.25) is 4.98 Å². The standard InChI is InChI=1S/C24H34N6O3S/c1-13-17(20-28-15-11-25-10-8-16(15)34-20)19(29-21(27-13)26-12-22(2,3)4)30-24(33)9-7-14(18(24)31)23(5,6)32/h8,10-11,14,18,31-33H,7,9,12H2,1-6H3,(H2,26,27,29,30). The minimum absolute atomic E-state index is 0.0172. The molecule has 0 spiro atoms. The van der Waals surface area contributed by atoms with Gasteiger partial charge in [0.05, 0.1) is 27.8 Å². The SMILES string of the molecule is Cc1nc(NCC(C)(C)C)nc(NC2(O)CCC(C(C)(C)O)C2O)c1-c1nc2cnccc2s1. The number of aryl methyl sites for hydroxylation is 1. The molecule has 3 aromatic heterocycles. The zero-order chi connectivity index (χ0) is 24.9. The largest absolute Gasteiger partial charge is 0.390 e. The van der Waals surface area contributed by atoms with Gasteiger partial charge in [-0.15, -0.1) is 11.3 Å². The fourth-order valence-corrected chi connectivity index (χ4v) is 5.36. The molecule has 3 atom stereocenters.